The molecule has 0 aliphatic rings. The first-order valence-corrected chi connectivity index (χ1v) is 8.00. The number of primary sulfonamides is 1. The first-order chi connectivity index (χ1) is 9.29. The predicted molar refractivity (Wildman–Crippen MR) is 82.6 cm³/mol. The Morgan fingerprint density at radius 1 is 1.00 bits per heavy atom. The van der Waals surface area contributed by atoms with Crippen LogP contribution in [0.1, 0.15) is 0 Å². The number of sulfonamides is 1. The Labute approximate surface area is 131 Å². The lowest BCUT2D eigenvalue weighted by molar-refractivity contribution is 0.598. The first-order valence-electron chi connectivity index (χ1n) is 5.32. The molecule has 0 aliphatic heterocycles. The molecular weight excluding hydrogens is 343 g/mol. The van der Waals surface area contributed by atoms with Crippen molar-refractivity contribution in [3.63, 3.8) is 0 Å². The van der Waals surface area contributed by atoms with E-state index in [4.69, 9.17) is 39.9 Å². The van der Waals surface area contributed by atoms with Gasteiger partial charge in [-0.3, -0.25) is 0 Å². The molecule has 8 heteroatoms. The molecule has 4 nitrogen and oxygen atoms in total. The van der Waals surface area contributed by atoms with Crippen LogP contribution in [0.15, 0.2) is 41.3 Å². The Morgan fingerprint density at radius 2 is 1.55 bits per heavy atom. The third kappa shape index (κ3) is 3.37. The van der Waals surface area contributed by atoms with Gasteiger partial charge in [0.25, 0.3) is 0 Å². The summed E-state index contributed by atoms with van der Waals surface area (Å²) < 4.78 is 23.0. The van der Waals surface area contributed by atoms with Crippen molar-refractivity contribution in [2.75, 3.05) is 5.32 Å². The minimum Gasteiger partial charge on any atom is -0.354 e. The van der Waals surface area contributed by atoms with E-state index in [0.717, 1.165) is 0 Å². The van der Waals surface area contributed by atoms with Crippen molar-refractivity contribution in [3.05, 3.63) is 51.5 Å². The molecule has 0 spiro atoms. The quantitative estimate of drug-likeness (QED) is 0.820. The summed E-state index contributed by atoms with van der Waals surface area (Å²) in [6, 6.07) is 9.31. The summed E-state index contributed by atoms with van der Waals surface area (Å²) in [4.78, 5) is -0.0257. The monoisotopic (exact) mass is 350 g/mol. The van der Waals surface area contributed by atoms with Gasteiger partial charge in [-0.1, -0.05) is 46.9 Å². The summed E-state index contributed by atoms with van der Waals surface area (Å²) >= 11 is 17.7. The minimum absolute atomic E-state index is 0.0257. The average molecular weight is 352 g/mol. The molecule has 20 heavy (non-hydrogen) atoms. The van der Waals surface area contributed by atoms with E-state index in [0.29, 0.717) is 11.4 Å². The zero-order valence-electron chi connectivity index (χ0n) is 9.90. The molecular formula is C12H9Cl3N2O2S. The molecule has 0 atom stereocenters. The van der Waals surface area contributed by atoms with E-state index in [1.807, 2.05) is 0 Å². The maximum Gasteiger partial charge on any atom is 0.240 e. The molecule has 0 fully saturated rings. The Kier molecular flexibility index (Phi) is 4.46. The van der Waals surface area contributed by atoms with Gasteiger partial charge >= 0.3 is 0 Å². The number of halogens is 3. The van der Waals surface area contributed by atoms with E-state index in [1.54, 1.807) is 18.2 Å². The molecule has 2 rings (SSSR count). The van der Waals surface area contributed by atoms with Crippen LogP contribution in [0.2, 0.25) is 15.1 Å². The highest BCUT2D eigenvalue weighted by molar-refractivity contribution is 7.89. The van der Waals surface area contributed by atoms with Crippen molar-refractivity contribution < 1.29 is 8.42 Å². The van der Waals surface area contributed by atoms with E-state index < -0.39 is 10.0 Å². The van der Waals surface area contributed by atoms with Gasteiger partial charge in [0, 0.05) is 5.69 Å². The SMILES string of the molecule is NS(=O)(=O)c1ccccc1Nc1cc(Cl)c(Cl)c(Cl)c1. The van der Waals surface area contributed by atoms with Crippen molar-refractivity contribution in [2.45, 2.75) is 4.90 Å². The van der Waals surface area contributed by atoms with Gasteiger partial charge in [-0.25, -0.2) is 13.6 Å². The molecule has 0 heterocycles. The fourth-order valence-electron chi connectivity index (χ4n) is 1.60. The van der Waals surface area contributed by atoms with Crippen LogP contribution in [-0.4, -0.2) is 8.42 Å². The Morgan fingerprint density at radius 3 is 2.10 bits per heavy atom. The summed E-state index contributed by atoms with van der Waals surface area (Å²) in [5, 5.41) is 8.81. The summed E-state index contributed by atoms with van der Waals surface area (Å²) in [6.07, 6.45) is 0. The highest BCUT2D eigenvalue weighted by Crippen LogP contribution is 2.34. The van der Waals surface area contributed by atoms with Crippen LogP contribution in [0, 0.1) is 0 Å². The van der Waals surface area contributed by atoms with Gasteiger partial charge in [-0.05, 0) is 24.3 Å². The number of nitrogens with two attached hydrogens (primary N) is 1. The lowest BCUT2D eigenvalue weighted by atomic mass is 10.2. The minimum atomic E-state index is -3.84. The van der Waals surface area contributed by atoms with Crippen molar-refractivity contribution in [1.29, 1.82) is 0 Å². The van der Waals surface area contributed by atoms with Gasteiger partial charge in [-0.2, -0.15) is 0 Å². The van der Waals surface area contributed by atoms with Gasteiger partial charge in [0.15, 0.2) is 0 Å². The molecule has 3 N–H and O–H groups in total. The number of hydrogen-bond acceptors (Lipinski definition) is 3. The van der Waals surface area contributed by atoms with Gasteiger partial charge < -0.3 is 5.32 Å². The van der Waals surface area contributed by atoms with E-state index in [1.165, 1.54) is 18.2 Å². The molecule has 0 bridgehead atoms. The third-order valence-electron chi connectivity index (χ3n) is 2.46. The highest BCUT2D eigenvalue weighted by Gasteiger charge is 2.14. The average Bonchev–Trinajstić information content (AvgIpc) is 2.35. The van der Waals surface area contributed by atoms with Crippen LogP contribution < -0.4 is 10.5 Å². The fourth-order valence-corrected chi connectivity index (χ4v) is 2.89. The molecule has 0 amide bonds. The number of nitrogens with one attached hydrogen (secondary N) is 1. The Balaban J connectivity index is 2.46. The lowest BCUT2D eigenvalue weighted by Crippen LogP contribution is -2.14. The second-order valence-electron chi connectivity index (χ2n) is 3.92. The van der Waals surface area contributed by atoms with Crippen molar-refractivity contribution >= 4 is 56.2 Å². The molecule has 0 aliphatic carbocycles. The van der Waals surface area contributed by atoms with Gasteiger partial charge in [0.05, 0.1) is 20.8 Å². The van der Waals surface area contributed by atoms with Crippen LogP contribution in [0.3, 0.4) is 0 Å². The largest absolute Gasteiger partial charge is 0.354 e. The van der Waals surface area contributed by atoms with E-state index in [2.05, 4.69) is 5.32 Å². The number of rotatable bonds is 3. The van der Waals surface area contributed by atoms with E-state index in [9.17, 15) is 8.42 Å². The van der Waals surface area contributed by atoms with Crippen LogP contribution in [0.5, 0.6) is 0 Å². The number of hydrogen-bond donors (Lipinski definition) is 2. The molecule has 0 aromatic heterocycles. The first kappa shape index (κ1) is 15.4. The molecule has 0 saturated heterocycles. The molecule has 0 radical (unpaired) electrons. The summed E-state index contributed by atoms with van der Waals surface area (Å²) in [6.45, 7) is 0. The molecule has 0 saturated carbocycles. The van der Waals surface area contributed by atoms with Crippen molar-refractivity contribution in [1.82, 2.24) is 0 Å². The van der Waals surface area contributed by atoms with Crippen molar-refractivity contribution in [2.24, 2.45) is 5.14 Å². The topological polar surface area (TPSA) is 72.2 Å². The predicted octanol–water partition coefficient (Wildman–Crippen LogP) is 4.04. The molecule has 0 unspecified atom stereocenters. The molecule has 2 aromatic rings. The zero-order chi connectivity index (χ0) is 14.9. The van der Waals surface area contributed by atoms with Gasteiger partial charge in [-0.15, -0.1) is 0 Å². The Bertz CT molecular complexity index is 740. The van der Waals surface area contributed by atoms with Gasteiger partial charge in [0.1, 0.15) is 4.90 Å². The highest BCUT2D eigenvalue weighted by atomic mass is 35.5. The summed E-state index contributed by atoms with van der Waals surface area (Å²) in [5.41, 5.74) is 0.824. The van der Waals surface area contributed by atoms with Crippen LogP contribution >= 0.6 is 34.8 Å². The van der Waals surface area contributed by atoms with Crippen LogP contribution in [-0.2, 0) is 10.0 Å². The second-order valence-corrected chi connectivity index (χ2v) is 6.64. The smallest absolute Gasteiger partial charge is 0.240 e. The number of anilines is 2. The summed E-state index contributed by atoms with van der Waals surface area (Å²) in [5.74, 6) is 0. The fraction of sp³-hybridized carbons (Fsp3) is 0. The normalized spacial score (nSPS) is 11.4. The van der Waals surface area contributed by atoms with Crippen LogP contribution in [0.4, 0.5) is 11.4 Å². The number of benzene rings is 2. The van der Waals surface area contributed by atoms with E-state index in [-0.39, 0.29) is 20.0 Å². The standard InChI is InChI=1S/C12H9Cl3N2O2S/c13-8-5-7(6-9(14)12(8)15)17-10-3-1-2-4-11(10)20(16,18)19/h1-6,17H,(H2,16,18,19). The number of para-hydroxylation sites is 1. The van der Waals surface area contributed by atoms with Gasteiger partial charge in [0.2, 0.25) is 10.0 Å². The van der Waals surface area contributed by atoms with Crippen molar-refractivity contribution in [3.8, 4) is 0 Å². The maximum atomic E-state index is 11.5. The lowest BCUT2D eigenvalue weighted by Gasteiger charge is -2.12. The van der Waals surface area contributed by atoms with E-state index >= 15 is 0 Å². The van der Waals surface area contributed by atoms with Crippen LogP contribution in [0.25, 0.3) is 0 Å². The maximum absolute atomic E-state index is 11.5. The third-order valence-corrected chi connectivity index (χ3v) is 4.62. The Hall–Kier alpha value is -0.980. The summed E-state index contributed by atoms with van der Waals surface area (Å²) in [7, 11) is -3.84. The second kappa shape index (κ2) is 5.79. The zero-order valence-corrected chi connectivity index (χ0v) is 13.0. The molecule has 2 aromatic carbocycles. The molecule has 106 valence electrons.